The molecule has 0 aromatic heterocycles. The smallest absolute Gasteiger partial charge is 0.191 e. The van der Waals surface area contributed by atoms with Crippen LogP contribution in [-0.4, -0.2) is 62.8 Å². The van der Waals surface area contributed by atoms with Crippen molar-refractivity contribution in [2.75, 3.05) is 40.4 Å². The number of hydrogen-bond donors (Lipinski definition) is 2. The van der Waals surface area contributed by atoms with Crippen LogP contribution in [0.25, 0.3) is 0 Å². The summed E-state index contributed by atoms with van der Waals surface area (Å²) in [6, 6.07) is 0.445. The Morgan fingerprint density at radius 3 is 2.35 bits per heavy atom. The van der Waals surface area contributed by atoms with Crippen molar-refractivity contribution in [3.63, 3.8) is 0 Å². The molecule has 0 amide bonds. The van der Waals surface area contributed by atoms with E-state index in [4.69, 9.17) is 9.73 Å². The van der Waals surface area contributed by atoms with E-state index >= 15 is 0 Å². The molecule has 0 aliphatic carbocycles. The SMILES string of the molecule is CCNC(=NCC1(N(C)C)CCOCC1)NC(C)CCC(C)C. The quantitative estimate of drug-likeness (QED) is 0.531. The van der Waals surface area contributed by atoms with Crippen LogP contribution in [0.5, 0.6) is 0 Å². The molecule has 1 heterocycles. The van der Waals surface area contributed by atoms with Gasteiger partial charge in [-0.3, -0.25) is 4.99 Å². The van der Waals surface area contributed by atoms with E-state index in [9.17, 15) is 0 Å². The summed E-state index contributed by atoms with van der Waals surface area (Å²) in [4.78, 5) is 7.22. The number of hydrogen-bond acceptors (Lipinski definition) is 3. The Morgan fingerprint density at radius 1 is 1.17 bits per heavy atom. The molecule has 2 N–H and O–H groups in total. The van der Waals surface area contributed by atoms with Gasteiger partial charge in [0.05, 0.1) is 6.54 Å². The molecule has 1 fully saturated rings. The molecule has 1 atom stereocenters. The zero-order chi connectivity index (χ0) is 17.3. The molecule has 5 nitrogen and oxygen atoms in total. The van der Waals surface area contributed by atoms with Gasteiger partial charge in [0, 0.05) is 31.3 Å². The maximum atomic E-state index is 5.54. The van der Waals surface area contributed by atoms with Gasteiger partial charge in [0.1, 0.15) is 0 Å². The van der Waals surface area contributed by atoms with E-state index in [0.717, 1.165) is 51.0 Å². The van der Waals surface area contributed by atoms with Crippen molar-refractivity contribution in [3.8, 4) is 0 Å². The fourth-order valence-electron chi connectivity index (χ4n) is 2.93. The first-order chi connectivity index (χ1) is 10.9. The van der Waals surface area contributed by atoms with E-state index in [1.54, 1.807) is 0 Å². The third-order valence-corrected chi connectivity index (χ3v) is 4.81. The van der Waals surface area contributed by atoms with Crippen molar-refractivity contribution >= 4 is 5.96 Å². The van der Waals surface area contributed by atoms with Gasteiger partial charge in [-0.1, -0.05) is 13.8 Å². The molecular formula is C18H38N4O. The van der Waals surface area contributed by atoms with Gasteiger partial charge in [-0.25, -0.2) is 0 Å². The third-order valence-electron chi connectivity index (χ3n) is 4.81. The van der Waals surface area contributed by atoms with Gasteiger partial charge in [0.2, 0.25) is 0 Å². The summed E-state index contributed by atoms with van der Waals surface area (Å²) in [5.41, 5.74) is 0.127. The summed E-state index contributed by atoms with van der Waals surface area (Å²) in [5.74, 6) is 1.69. The Balaban J connectivity index is 2.65. The molecule has 0 aromatic carbocycles. The first kappa shape index (κ1) is 20.2. The van der Waals surface area contributed by atoms with Crippen molar-refractivity contribution in [2.24, 2.45) is 10.9 Å². The number of nitrogens with one attached hydrogen (secondary N) is 2. The molecule has 1 rings (SSSR count). The summed E-state index contributed by atoms with van der Waals surface area (Å²) in [5, 5.41) is 6.94. The second kappa shape index (κ2) is 10.1. The number of nitrogens with zero attached hydrogens (tertiary/aromatic N) is 2. The summed E-state index contributed by atoms with van der Waals surface area (Å²) < 4.78 is 5.54. The molecule has 23 heavy (non-hydrogen) atoms. The van der Waals surface area contributed by atoms with Gasteiger partial charge in [0.15, 0.2) is 5.96 Å². The Bertz CT molecular complexity index is 349. The van der Waals surface area contributed by atoms with Gasteiger partial charge in [-0.05, 0) is 59.5 Å². The minimum Gasteiger partial charge on any atom is -0.381 e. The first-order valence-electron chi connectivity index (χ1n) is 9.19. The molecule has 5 heteroatoms. The second-order valence-corrected chi connectivity index (χ2v) is 7.44. The molecule has 1 aliphatic heterocycles. The van der Waals surface area contributed by atoms with E-state index in [1.807, 2.05) is 0 Å². The van der Waals surface area contributed by atoms with Gasteiger partial charge in [-0.2, -0.15) is 0 Å². The normalized spacial score (nSPS) is 19.9. The van der Waals surface area contributed by atoms with Crippen LogP contribution in [0, 0.1) is 5.92 Å². The monoisotopic (exact) mass is 326 g/mol. The average Bonchev–Trinajstić information content (AvgIpc) is 2.51. The summed E-state index contributed by atoms with van der Waals surface area (Å²) in [7, 11) is 4.32. The lowest BCUT2D eigenvalue weighted by Gasteiger charge is -2.41. The molecule has 1 unspecified atom stereocenters. The van der Waals surface area contributed by atoms with Gasteiger partial charge < -0.3 is 20.3 Å². The Labute approximate surface area is 143 Å². The maximum Gasteiger partial charge on any atom is 0.191 e. The highest BCUT2D eigenvalue weighted by Gasteiger charge is 2.34. The fourth-order valence-corrected chi connectivity index (χ4v) is 2.93. The lowest BCUT2D eigenvalue weighted by molar-refractivity contribution is -0.00255. The zero-order valence-electron chi connectivity index (χ0n) is 16.1. The molecule has 136 valence electrons. The number of ether oxygens (including phenoxy) is 1. The topological polar surface area (TPSA) is 48.9 Å². The predicted molar refractivity (Wildman–Crippen MR) is 99.1 cm³/mol. The minimum atomic E-state index is 0.127. The average molecular weight is 327 g/mol. The van der Waals surface area contributed by atoms with Crippen molar-refractivity contribution in [1.82, 2.24) is 15.5 Å². The van der Waals surface area contributed by atoms with Gasteiger partial charge in [0.25, 0.3) is 0 Å². The number of rotatable bonds is 8. The van der Waals surface area contributed by atoms with Crippen LogP contribution in [0.1, 0.15) is 53.4 Å². The number of guanidine groups is 1. The minimum absolute atomic E-state index is 0.127. The van der Waals surface area contributed by atoms with E-state index in [2.05, 4.69) is 57.3 Å². The highest BCUT2D eigenvalue weighted by atomic mass is 16.5. The van der Waals surface area contributed by atoms with Crippen LogP contribution in [0.4, 0.5) is 0 Å². The lowest BCUT2D eigenvalue weighted by Crippen LogP contribution is -2.52. The molecule has 0 radical (unpaired) electrons. The standard InChI is InChI=1S/C18H38N4O/c1-7-19-17(21-16(4)9-8-15(2)3)20-14-18(22(5)6)10-12-23-13-11-18/h15-16H,7-14H2,1-6H3,(H2,19,20,21). The van der Waals surface area contributed by atoms with Crippen molar-refractivity contribution in [2.45, 2.75) is 65.0 Å². The predicted octanol–water partition coefficient (Wildman–Crippen LogP) is 2.48. The van der Waals surface area contributed by atoms with Crippen LogP contribution >= 0.6 is 0 Å². The van der Waals surface area contributed by atoms with E-state index < -0.39 is 0 Å². The Hall–Kier alpha value is -0.810. The third kappa shape index (κ3) is 7.08. The Morgan fingerprint density at radius 2 is 1.83 bits per heavy atom. The summed E-state index contributed by atoms with van der Waals surface area (Å²) in [6.45, 7) is 12.3. The molecule has 0 bridgehead atoms. The lowest BCUT2D eigenvalue weighted by atomic mass is 9.89. The molecule has 1 aliphatic rings. The van der Waals surface area contributed by atoms with Crippen molar-refractivity contribution in [1.29, 1.82) is 0 Å². The molecular weight excluding hydrogens is 288 g/mol. The number of aliphatic imine (C=N–C) groups is 1. The van der Waals surface area contributed by atoms with E-state index in [1.165, 1.54) is 12.8 Å². The van der Waals surface area contributed by atoms with Gasteiger partial charge >= 0.3 is 0 Å². The summed E-state index contributed by atoms with van der Waals surface area (Å²) >= 11 is 0. The van der Waals surface area contributed by atoms with Crippen molar-refractivity contribution in [3.05, 3.63) is 0 Å². The number of likely N-dealkylation sites (N-methyl/N-ethyl adjacent to an activating group) is 1. The highest BCUT2D eigenvalue weighted by Crippen LogP contribution is 2.26. The molecule has 0 aromatic rings. The van der Waals surface area contributed by atoms with Crippen LogP contribution < -0.4 is 10.6 Å². The largest absolute Gasteiger partial charge is 0.381 e. The molecule has 0 spiro atoms. The highest BCUT2D eigenvalue weighted by molar-refractivity contribution is 5.80. The summed E-state index contributed by atoms with van der Waals surface area (Å²) in [6.07, 6.45) is 4.51. The fraction of sp³-hybridized carbons (Fsp3) is 0.944. The maximum absolute atomic E-state index is 5.54. The van der Waals surface area contributed by atoms with Crippen LogP contribution in [-0.2, 0) is 4.74 Å². The second-order valence-electron chi connectivity index (χ2n) is 7.44. The molecule has 1 saturated heterocycles. The van der Waals surface area contributed by atoms with Crippen LogP contribution in [0.2, 0.25) is 0 Å². The van der Waals surface area contributed by atoms with Crippen LogP contribution in [0.15, 0.2) is 4.99 Å². The zero-order valence-corrected chi connectivity index (χ0v) is 16.1. The van der Waals surface area contributed by atoms with E-state index in [-0.39, 0.29) is 5.54 Å². The van der Waals surface area contributed by atoms with Crippen LogP contribution in [0.3, 0.4) is 0 Å². The van der Waals surface area contributed by atoms with E-state index in [0.29, 0.717) is 6.04 Å². The van der Waals surface area contributed by atoms with Gasteiger partial charge in [-0.15, -0.1) is 0 Å². The Kier molecular flexibility index (Phi) is 8.92. The first-order valence-corrected chi connectivity index (χ1v) is 9.19. The van der Waals surface area contributed by atoms with Crippen molar-refractivity contribution < 1.29 is 4.74 Å². The molecule has 0 saturated carbocycles.